The number of benzene rings is 2. The third-order valence-corrected chi connectivity index (χ3v) is 4.70. The summed E-state index contributed by atoms with van der Waals surface area (Å²) in [6, 6.07) is 13.2. The average molecular weight is 340 g/mol. The lowest BCUT2D eigenvalue weighted by Crippen LogP contribution is -2.36. The minimum absolute atomic E-state index is 0.0121. The van der Waals surface area contributed by atoms with Gasteiger partial charge in [-0.15, -0.1) is 0 Å². The number of nitrogen functional groups attached to an aromatic ring is 1. The molecule has 1 aliphatic rings. The monoisotopic (exact) mass is 339 g/mol. The molecule has 0 heterocycles. The lowest BCUT2D eigenvalue weighted by molar-refractivity contribution is 0.215. The standard InChI is InChI=1S/C19H14ClNO3/c20-12-5-6-14(16-17(21)19(23)18(16)22)15(9-12)24-13-7-10-3-1-2-4-11(10)8-13/h1-6,9,13H,7-8,21H2. The third-order valence-electron chi connectivity index (χ3n) is 4.47. The maximum atomic E-state index is 11.8. The smallest absolute Gasteiger partial charge is 0.249 e. The summed E-state index contributed by atoms with van der Waals surface area (Å²) in [5.41, 5.74) is 7.74. The molecule has 5 heteroatoms. The highest BCUT2D eigenvalue weighted by Crippen LogP contribution is 2.36. The molecule has 4 nitrogen and oxygen atoms in total. The summed E-state index contributed by atoms with van der Waals surface area (Å²) in [6.07, 6.45) is 1.56. The number of fused-ring (bicyclic) bond motifs is 1. The molecule has 0 aromatic heterocycles. The molecule has 0 bridgehead atoms. The van der Waals surface area contributed by atoms with Gasteiger partial charge in [-0.2, -0.15) is 0 Å². The van der Waals surface area contributed by atoms with Crippen LogP contribution in [-0.2, 0) is 12.8 Å². The van der Waals surface area contributed by atoms with E-state index in [-0.39, 0.29) is 17.4 Å². The molecule has 24 heavy (non-hydrogen) atoms. The van der Waals surface area contributed by atoms with E-state index in [0.29, 0.717) is 16.3 Å². The fraction of sp³-hybridized carbons (Fsp3) is 0.158. The Labute approximate surface area is 143 Å². The number of ether oxygens (including phenoxy) is 1. The molecule has 0 spiro atoms. The molecule has 0 saturated heterocycles. The van der Waals surface area contributed by atoms with E-state index in [0.717, 1.165) is 12.8 Å². The Morgan fingerprint density at radius 1 is 1.00 bits per heavy atom. The summed E-state index contributed by atoms with van der Waals surface area (Å²) in [4.78, 5) is 23.3. The summed E-state index contributed by atoms with van der Waals surface area (Å²) < 4.78 is 6.12. The van der Waals surface area contributed by atoms with E-state index in [9.17, 15) is 9.59 Å². The van der Waals surface area contributed by atoms with Gasteiger partial charge in [0.25, 0.3) is 0 Å². The molecule has 120 valence electrons. The first kappa shape index (κ1) is 15.0. The van der Waals surface area contributed by atoms with Crippen LogP contribution in [0.15, 0.2) is 52.1 Å². The molecule has 0 aliphatic heterocycles. The van der Waals surface area contributed by atoms with Gasteiger partial charge in [-0.1, -0.05) is 35.9 Å². The van der Waals surface area contributed by atoms with Crippen LogP contribution in [-0.4, -0.2) is 6.10 Å². The van der Waals surface area contributed by atoms with Crippen molar-refractivity contribution in [1.29, 1.82) is 0 Å². The number of halogens is 1. The topological polar surface area (TPSA) is 69.4 Å². The average Bonchev–Trinajstić information content (AvgIpc) is 2.99. The second-order valence-corrected chi connectivity index (χ2v) is 6.44. The van der Waals surface area contributed by atoms with Crippen LogP contribution in [0.2, 0.25) is 5.02 Å². The second-order valence-electron chi connectivity index (χ2n) is 6.00. The van der Waals surface area contributed by atoms with Crippen LogP contribution >= 0.6 is 11.6 Å². The number of hydrogen-bond acceptors (Lipinski definition) is 4. The highest BCUT2D eigenvalue weighted by atomic mass is 35.5. The van der Waals surface area contributed by atoms with Gasteiger partial charge in [0.15, 0.2) is 0 Å². The van der Waals surface area contributed by atoms with Gasteiger partial charge in [-0.05, 0) is 29.3 Å². The van der Waals surface area contributed by atoms with E-state index in [1.54, 1.807) is 18.2 Å². The van der Waals surface area contributed by atoms with E-state index >= 15 is 0 Å². The Bertz CT molecular complexity index is 993. The van der Waals surface area contributed by atoms with E-state index in [1.807, 2.05) is 12.1 Å². The summed E-state index contributed by atoms with van der Waals surface area (Å²) >= 11 is 6.08. The number of nitrogens with two attached hydrogens (primary N) is 1. The maximum Gasteiger partial charge on any atom is 0.249 e. The van der Waals surface area contributed by atoms with Crippen LogP contribution in [0.4, 0.5) is 5.69 Å². The number of rotatable bonds is 3. The van der Waals surface area contributed by atoms with Gasteiger partial charge >= 0.3 is 0 Å². The van der Waals surface area contributed by atoms with Gasteiger partial charge < -0.3 is 10.5 Å². The zero-order chi connectivity index (χ0) is 16.8. The minimum atomic E-state index is -0.640. The van der Waals surface area contributed by atoms with Crippen molar-refractivity contribution in [2.24, 2.45) is 0 Å². The molecule has 0 fully saturated rings. The number of hydrogen-bond donors (Lipinski definition) is 1. The molecule has 1 aliphatic carbocycles. The first-order valence-electron chi connectivity index (χ1n) is 7.66. The minimum Gasteiger partial charge on any atom is -0.489 e. The van der Waals surface area contributed by atoms with Gasteiger partial charge in [0.1, 0.15) is 11.9 Å². The van der Waals surface area contributed by atoms with Crippen LogP contribution < -0.4 is 21.3 Å². The fourth-order valence-electron chi connectivity index (χ4n) is 3.26. The molecular formula is C19H14ClNO3. The molecule has 0 radical (unpaired) electrons. The van der Waals surface area contributed by atoms with E-state index in [2.05, 4.69) is 12.1 Å². The van der Waals surface area contributed by atoms with Gasteiger partial charge in [0, 0.05) is 23.4 Å². The summed E-state index contributed by atoms with van der Waals surface area (Å²) in [7, 11) is 0. The Kier molecular flexibility index (Phi) is 3.43. The van der Waals surface area contributed by atoms with E-state index in [4.69, 9.17) is 22.1 Å². The maximum absolute atomic E-state index is 11.8. The van der Waals surface area contributed by atoms with Gasteiger partial charge in [-0.3, -0.25) is 9.59 Å². The van der Waals surface area contributed by atoms with Crippen molar-refractivity contribution < 1.29 is 4.74 Å². The second kappa shape index (κ2) is 5.49. The van der Waals surface area contributed by atoms with Crippen molar-refractivity contribution in [3.05, 3.63) is 79.1 Å². The molecule has 3 aromatic rings. The predicted octanol–water partition coefficient (Wildman–Crippen LogP) is 2.73. The Morgan fingerprint density at radius 2 is 1.67 bits per heavy atom. The molecule has 4 rings (SSSR count). The van der Waals surface area contributed by atoms with Gasteiger partial charge in [0.05, 0.1) is 11.3 Å². The van der Waals surface area contributed by atoms with Crippen molar-refractivity contribution >= 4 is 17.3 Å². The zero-order valence-corrected chi connectivity index (χ0v) is 13.5. The van der Waals surface area contributed by atoms with Crippen molar-refractivity contribution in [3.8, 4) is 16.9 Å². The SMILES string of the molecule is Nc1c(-c2ccc(Cl)cc2OC2Cc3ccccc3C2)c(=O)c1=O. The fourth-order valence-corrected chi connectivity index (χ4v) is 3.42. The highest BCUT2D eigenvalue weighted by Gasteiger charge is 2.26. The van der Waals surface area contributed by atoms with Crippen LogP contribution in [0, 0.1) is 0 Å². The molecule has 0 atom stereocenters. The van der Waals surface area contributed by atoms with Crippen molar-refractivity contribution in [1.82, 2.24) is 0 Å². The summed E-state index contributed by atoms with van der Waals surface area (Å²) in [6.45, 7) is 0. The van der Waals surface area contributed by atoms with Crippen LogP contribution in [0.3, 0.4) is 0 Å². The predicted molar refractivity (Wildman–Crippen MR) is 94.5 cm³/mol. The molecular weight excluding hydrogens is 326 g/mol. The molecule has 2 N–H and O–H groups in total. The Balaban J connectivity index is 1.68. The van der Waals surface area contributed by atoms with Crippen LogP contribution in [0.1, 0.15) is 11.1 Å². The number of anilines is 1. The third kappa shape index (κ3) is 2.31. The van der Waals surface area contributed by atoms with E-state index in [1.165, 1.54) is 11.1 Å². The van der Waals surface area contributed by atoms with Crippen molar-refractivity contribution in [2.45, 2.75) is 18.9 Å². The first-order valence-corrected chi connectivity index (χ1v) is 8.04. The normalized spacial score (nSPS) is 14.0. The largest absolute Gasteiger partial charge is 0.489 e. The quantitative estimate of drug-likeness (QED) is 0.745. The van der Waals surface area contributed by atoms with E-state index < -0.39 is 10.9 Å². The lowest BCUT2D eigenvalue weighted by Gasteiger charge is -2.18. The van der Waals surface area contributed by atoms with Crippen molar-refractivity contribution in [3.63, 3.8) is 0 Å². The molecule has 0 saturated carbocycles. The highest BCUT2D eigenvalue weighted by molar-refractivity contribution is 6.30. The first-order chi connectivity index (χ1) is 11.5. The zero-order valence-electron chi connectivity index (χ0n) is 12.7. The Hall–Kier alpha value is -2.59. The van der Waals surface area contributed by atoms with Crippen molar-refractivity contribution in [2.75, 3.05) is 5.73 Å². The van der Waals surface area contributed by atoms with Gasteiger partial charge in [0.2, 0.25) is 10.9 Å². The summed E-state index contributed by atoms with van der Waals surface area (Å²) in [5, 5.41) is 0.501. The van der Waals surface area contributed by atoms with Gasteiger partial charge in [-0.25, -0.2) is 0 Å². The lowest BCUT2D eigenvalue weighted by atomic mass is 9.98. The Morgan fingerprint density at radius 3 is 2.29 bits per heavy atom. The van der Waals surface area contributed by atoms with Crippen LogP contribution in [0.25, 0.3) is 11.1 Å². The molecule has 0 amide bonds. The van der Waals surface area contributed by atoms with Crippen LogP contribution in [0.5, 0.6) is 5.75 Å². The summed E-state index contributed by atoms with van der Waals surface area (Å²) in [5.74, 6) is 0.485. The molecule has 0 unspecified atom stereocenters. The molecule has 3 aromatic carbocycles.